The van der Waals surface area contributed by atoms with E-state index in [1.54, 1.807) is 6.07 Å². The van der Waals surface area contributed by atoms with E-state index in [0.29, 0.717) is 13.0 Å². The molecule has 1 fully saturated rings. The molecule has 0 saturated carbocycles. The number of nitrogens with one attached hydrogen (secondary N) is 1. The van der Waals surface area contributed by atoms with Crippen LogP contribution < -0.4 is 10.1 Å². The molecule has 7 nitrogen and oxygen atoms in total. The average molecular weight is 252 g/mol. The highest BCUT2D eigenvalue weighted by Crippen LogP contribution is 2.28. The molecule has 0 amide bonds. The van der Waals surface area contributed by atoms with E-state index < -0.39 is 23.0 Å². The van der Waals surface area contributed by atoms with Gasteiger partial charge in [-0.05, 0) is 19.0 Å². The van der Waals surface area contributed by atoms with Crippen molar-refractivity contribution < 1.29 is 19.6 Å². The Balaban J connectivity index is 2.19. The Hall–Kier alpha value is -2.15. The number of carboxylic acids is 1. The van der Waals surface area contributed by atoms with Crippen LogP contribution >= 0.6 is 0 Å². The number of ether oxygens (including phenoxy) is 1. The van der Waals surface area contributed by atoms with Gasteiger partial charge in [0, 0.05) is 6.07 Å². The number of nitro benzene ring substituents is 1. The summed E-state index contributed by atoms with van der Waals surface area (Å²) >= 11 is 0. The zero-order valence-electron chi connectivity index (χ0n) is 9.41. The summed E-state index contributed by atoms with van der Waals surface area (Å²) in [7, 11) is 0. The summed E-state index contributed by atoms with van der Waals surface area (Å²) < 4.78 is 5.46. The third kappa shape index (κ3) is 2.40. The molecule has 0 radical (unpaired) electrons. The molecule has 0 aliphatic carbocycles. The topological polar surface area (TPSA) is 102 Å². The van der Waals surface area contributed by atoms with Gasteiger partial charge in [-0.1, -0.05) is 12.1 Å². The van der Waals surface area contributed by atoms with Gasteiger partial charge in [0.1, 0.15) is 12.1 Å². The van der Waals surface area contributed by atoms with E-state index in [4.69, 9.17) is 9.84 Å². The highest BCUT2D eigenvalue weighted by Gasteiger charge is 2.35. The maximum atomic E-state index is 10.9. The van der Waals surface area contributed by atoms with Crippen LogP contribution in [0.2, 0.25) is 0 Å². The Morgan fingerprint density at radius 2 is 2.22 bits per heavy atom. The molecule has 1 aromatic carbocycles. The fourth-order valence-electron chi connectivity index (χ4n) is 1.92. The van der Waals surface area contributed by atoms with Gasteiger partial charge in [-0.2, -0.15) is 0 Å². The first-order chi connectivity index (χ1) is 8.59. The highest BCUT2D eigenvalue weighted by atomic mass is 16.6. The molecule has 7 heteroatoms. The minimum absolute atomic E-state index is 0.0995. The molecule has 2 N–H and O–H groups in total. The quantitative estimate of drug-likeness (QED) is 0.606. The Morgan fingerprint density at radius 3 is 2.89 bits per heavy atom. The maximum absolute atomic E-state index is 10.9. The summed E-state index contributed by atoms with van der Waals surface area (Å²) in [6.07, 6.45) is -0.0909. The lowest BCUT2D eigenvalue weighted by atomic mass is 10.2. The zero-order valence-corrected chi connectivity index (χ0v) is 9.41. The summed E-state index contributed by atoms with van der Waals surface area (Å²) in [6, 6.07) is 5.11. The molecule has 0 aromatic heterocycles. The Bertz CT molecular complexity index is 476. The lowest BCUT2D eigenvalue weighted by Crippen LogP contribution is -2.41. The van der Waals surface area contributed by atoms with Crippen molar-refractivity contribution in [3.8, 4) is 5.75 Å². The molecule has 96 valence electrons. The molecular formula is C11H12N2O5. The predicted octanol–water partition coefficient (Wildman–Crippen LogP) is 0.789. The van der Waals surface area contributed by atoms with Crippen molar-refractivity contribution in [2.24, 2.45) is 0 Å². The second-order valence-electron chi connectivity index (χ2n) is 3.94. The number of nitro groups is 1. The van der Waals surface area contributed by atoms with Crippen LogP contribution in [0.4, 0.5) is 5.69 Å². The lowest BCUT2D eigenvalue weighted by molar-refractivity contribution is -0.386. The van der Waals surface area contributed by atoms with Crippen molar-refractivity contribution in [2.75, 3.05) is 6.54 Å². The van der Waals surface area contributed by atoms with Gasteiger partial charge in [0.2, 0.25) is 0 Å². The van der Waals surface area contributed by atoms with Gasteiger partial charge in [0.05, 0.1) is 4.92 Å². The molecule has 1 heterocycles. The minimum atomic E-state index is -1.02. The summed E-state index contributed by atoms with van der Waals surface area (Å²) in [5.41, 5.74) is -0.159. The number of hydrogen-bond acceptors (Lipinski definition) is 5. The monoisotopic (exact) mass is 252 g/mol. The second-order valence-corrected chi connectivity index (χ2v) is 3.94. The number of para-hydroxylation sites is 2. The van der Waals surface area contributed by atoms with Crippen LogP contribution in [0.25, 0.3) is 0 Å². The van der Waals surface area contributed by atoms with Crippen molar-refractivity contribution in [3.05, 3.63) is 34.4 Å². The first-order valence-corrected chi connectivity index (χ1v) is 5.46. The largest absolute Gasteiger partial charge is 0.481 e. The van der Waals surface area contributed by atoms with Crippen molar-refractivity contribution in [3.63, 3.8) is 0 Å². The summed E-state index contributed by atoms with van der Waals surface area (Å²) in [4.78, 5) is 21.2. The molecule has 0 bridgehead atoms. The molecule has 1 aliphatic heterocycles. The van der Waals surface area contributed by atoms with Crippen molar-refractivity contribution in [1.29, 1.82) is 0 Å². The number of aliphatic carboxylic acids is 1. The van der Waals surface area contributed by atoms with Gasteiger partial charge in [-0.25, -0.2) is 0 Å². The molecule has 0 spiro atoms. The van der Waals surface area contributed by atoms with Gasteiger partial charge in [0.15, 0.2) is 5.75 Å². The fourth-order valence-corrected chi connectivity index (χ4v) is 1.92. The Morgan fingerprint density at radius 1 is 1.50 bits per heavy atom. The number of nitrogens with zero attached hydrogens (tertiary/aromatic N) is 1. The summed E-state index contributed by atoms with van der Waals surface area (Å²) in [5.74, 6) is -0.918. The molecule has 1 aliphatic rings. The number of carboxylic acid groups (broad SMARTS) is 1. The van der Waals surface area contributed by atoms with E-state index in [9.17, 15) is 14.9 Å². The molecule has 1 unspecified atom stereocenters. The van der Waals surface area contributed by atoms with E-state index >= 15 is 0 Å². The van der Waals surface area contributed by atoms with Crippen molar-refractivity contribution in [1.82, 2.24) is 5.32 Å². The van der Waals surface area contributed by atoms with Crippen LogP contribution in [0.15, 0.2) is 24.3 Å². The molecular weight excluding hydrogens is 240 g/mol. The van der Waals surface area contributed by atoms with Crippen molar-refractivity contribution in [2.45, 2.75) is 18.6 Å². The normalized spacial score (nSPS) is 22.7. The van der Waals surface area contributed by atoms with Gasteiger partial charge >= 0.3 is 11.7 Å². The summed E-state index contributed by atoms with van der Waals surface area (Å²) in [5, 5.41) is 22.5. The third-order valence-electron chi connectivity index (χ3n) is 2.77. The van der Waals surface area contributed by atoms with Crippen LogP contribution in [-0.2, 0) is 4.79 Å². The zero-order chi connectivity index (χ0) is 13.1. The van der Waals surface area contributed by atoms with E-state index in [0.717, 1.165) is 0 Å². The third-order valence-corrected chi connectivity index (χ3v) is 2.77. The predicted molar refractivity (Wildman–Crippen MR) is 61.6 cm³/mol. The van der Waals surface area contributed by atoms with E-state index in [-0.39, 0.29) is 11.4 Å². The highest BCUT2D eigenvalue weighted by molar-refractivity contribution is 5.74. The van der Waals surface area contributed by atoms with Crippen LogP contribution in [-0.4, -0.2) is 34.7 Å². The number of benzene rings is 1. The van der Waals surface area contributed by atoms with Gasteiger partial charge in [0.25, 0.3) is 0 Å². The SMILES string of the molecule is O=C(O)[C@H]1NCCC1Oc1ccccc1[N+](=O)[O-]. The van der Waals surface area contributed by atoms with Crippen LogP contribution in [0.3, 0.4) is 0 Å². The standard InChI is InChI=1S/C11H12N2O5/c14-11(15)10-9(5-6-12-10)18-8-4-2-1-3-7(8)13(16)17/h1-4,9-10,12H,5-6H2,(H,14,15)/t9?,10-/m0/s1. The molecule has 2 rings (SSSR count). The molecule has 1 saturated heterocycles. The minimum Gasteiger partial charge on any atom is -0.481 e. The first-order valence-electron chi connectivity index (χ1n) is 5.46. The Kier molecular flexibility index (Phi) is 3.42. The van der Waals surface area contributed by atoms with Gasteiger partial charge < -0.3 is 15.2 Å². The van der Waals surface area contributed by atoms with E-state index in [2.05, 4.69) is 5.32 Å². The number of hydrogen-bond donors (Lipinski definition) is 2. The average Bonchev–Trinajstić information content (AvgIpc) is 2.77. The lowest BCUT2D eigenvalue weighted by Gasteiger charge is -2.17. The van der Waals surface area contributed by atoms with E-state index in [1.165, 1.54) is 18.2 Å². The fraction of sp³-hybridized carbons (Fsp3) is 0.364. The smallest absolute Gasteiger partial charge is 0.324 e. The summed E-state index contributed by atoms with van der Waals surface area (Å²) in [6.45, 7) is 0.516. The molecule has 2 atom stereocenters. The molecule has 18 heavy (non-hydrogen) atoms. The van der Waals surface area contributed by atoms with E-state index in [1.807, 2.05) is 0 Å². The number of carbonyl (C=O) groups is 1. The van der Waals surface area contributed by atoms with Crippen LogP contribution in [0.5, 0.6) is 5.75 Å². The van der Waals surface area contributed by atoms with Crippen LogP contribution in [0, 0.1) is 10.1 Å². The van der Waals surface area contributed by atoms with Gasteiger partial charge in [-0.3, -0.25) is 14.9 Å². The van der Waals surface area contributed by atoms with Crippen LogP contribution in [0.1, 0.15) is 6.42 Å². The second kappa shape index (κ2) is 5.01. The maximum Gasteiger partial charge on any atom is 0.324 e. The van der Waals surface area contributed by atoms with Gasteiger partial charge in [-0.15, -0.1) is 0 Å². The van der Waals surface area contributed by atoms with Crippen molar-refractivity contribution >= 4 is 11.7 Å². The first kappa shape index (κ1) is 12.3. The molecule has 1 aromatic rings. The Labute approximate surface area is 103 Å². The number of rotatable bonds is 4.